The fourth-order valence-corrected chi connectivity index (χ4v) is 4.96. The summed E-state index contributed by atoms with van der Waals surface area (Å²) in [5.74, 6) is 0. The molecule has 192 valence electrons. The molecule has 0 amide bonds. The molecule has 4 heteroatoms. The molecule has 3 nitrogen and oxygen atoms in total. The van der Waals surface area contributed by atoms with Crippen LogP contribution in [0.2, 0.25) is 0 Å². The van der Waals surface area contributed by atoms with Gasteiger partial charge in [-0.2, -0.15) is 0 Å². The van der Waals surface area contributed by atoms with E-state index in [1.165, 1.54) is 22.3 Å². The molecular weight excluding hydrogens is 489 g/mol. The number of hydrogen-bond acceptors (Lipinski definition) is 3. The average Bonchev–Trinajstić information content (AvgIpc) is 3.03. The monoisotopic (exact) mass is 517 g/mol. The Morgan fingerprint density at radius 2 is 0.600 bits per heavy atom. The molecule has 0 aliphatic rings. The summed E-state index contributed by atoms with van der Waals surface area (Å²) >= 11 is 0. The van der Waals surface area contributed by atoms with Gasteiger partial charge in [0, 0.05) is 17.1 Å². The molecule has 0 bridgehead atoms. The number of nitrogens with zero attached hydrogens (tertiary/aromatic N) is 1. The summed E-state index contributed by atoms with van der Waals surface area (Å²) in [6.45, 7) is 0. The Hall–Kier alpha value is -4.90. The van der Waals surface area contributed by atoms with Gasteiger partial charge in [0.25, 0.3) is 0 Å². The van der Waals surface area contributed by atoms with E-state index in [-0.39, 0.29) is 0 Å². The maximum absolute atomic E-state index is 9.41. The highest BCUT2D eigenvalue weighted by atomic mass is 16.4. The Morgan fingerprint density at radius 3 is 0.900 bits per heavy atom. The van der Waals surface area contributed by atoms with E-state index in [1.54, 1.807) is 12.1 Å². The molecule has 6 aromatic rings. The van der Waals surface area contributed by atoms with Gasteiger partial charge < -0.3 is 14.9 Å². The van der Waals surface area contributed by atoms with Crippen LogP contribution in [0.3, 0.4) is 0 Å². The van der Waals surface area contributed by atoms with Gasteiger partial charge in [-0.05, 0) is 75.2 Å². The summed E-state index contributed by atoms with van der Waals surface area (Å²) in [6.07, 6.45) is 0. The van der Waals surface area contributed by atoms with Crippen molar-refractivity contribution in [3.63, 3.8) is 0 Å². The molecule has 0 aliphatic carbocycles. The SMILES string of the molecule is OB(O)c1ccc(-c2ccc(N(c3ccc(-c4ccccc4)cc3)c3ccc(-c4ccccc4)cc3)cc2)cc1. The second-order valence-electron chi connectivity index (χ2n) is 9.70. The summed E-state index contributed by atoms with van der Waals surface area (Å²) in [4.78, 5) is 2.26. The van der Waals surface area contributed by atoms with Crippen LogP contribution in [-0.4, -0.2) is 17.2 Å². The van der Waals surface area contributed by atoms with Gasteiger partial charge in [0.1, 0.15) is 0 Å². The topological polar surface area (TPSA) is 43.7 Å². The van der Waals surface area contributed by atoms with Crippen molar-refractivity contribution in [2.75, 3.05) is 4.90 Å². The van der Waals surface area contributed by atoms with Crippen LogP contribution < -0.4 is 10.4 Å². The van der Waals surface area contributed by atoms with Gasteiger partial charge >= 0.3 is 7.12 Å². The molecule has 0 saturated heterocycles. The normalized spacial score (nSPS) is 10.8. The van der Waals surface area contributed by atoms with Crippen molar-refractivity contribution < 1.29 is 10.0 Å². The molecule has 0 atom stereocenters. The lowest BCUT2D eigenvalue weighted by molar-refractivity contribution is 0.426. The second kappa shape index (κ2) is 11.5. The average molecular weight is 517 g/mol. The van der Waals surface area contributed by atoms with E-state index in [0.717, 1.165) is 28.2 Å². The summed E-state index contributed by atoms with van der Waals surface area (Å²) in [5.41, 5.74) is 10.5. The van der Waals surface area contributed by atoms with Crippen LogP contribution in [0.4, 0.5) is 17.1 Å². The maximum Gasteiger partial charge on any atom is 0.488 e. The van der Waals surface area contributed by atoms with Gasteiger partial charge in [0.05, 0.1) is 0 Å². The molecule has 0 heterocycles. The van der Waals surface area contributed by atoms with E-state index in [1.807, 2.05) is 24.3 Å². The summed E-state index contributed by atoms with van der Waals surface area (Å²) in [6, 6.07) is 53.9. The highest BCUT2D eigenvalue weighted by Crippen LogP contribution is 2.37. The minimum Gasteiger partial charge on any atom is -0.423 e. The Morgan fingerprint density at radius 1 is 0.325 bits per heavy atom. The van der Waals surface area contributed by atoms with Gasteiger partial charge in [0.15, 0.2) is 0 Å². The van der Waals surface area contributed by atoms with Crippen LogP contribution in [0.15, 0.2) is 158 Å². The first-order valence-electron chi connectivity index (χ1n) is 13.3. The molecule has 0 spiro atoms. The predicted octanol–water partition coefficient (Wildman–Crippen LogP) is 7.84. The van der Waals surface area contributed by atoms with Crippen molar-refractivity contribution in [1.82, 2.24) is 0 Å². The van der Waals surface area contributed by atoms with Crippen LogP contribution >= 0.6 is 0 Å². The number of hydrogen-bond donors (Lipinski definition) is 2. The standard InChI is InChI=1S/C36H28BNO2/c39-37(40)33-19-11-29(12-20-33)32-17-25-36(26-18-32)38(34-21-13-30(14-22-34)27-7-3-1-4-8-27)35-23-15-31(16-24-35)28-9-5-2-6-10-28/h1-26,39-40H. The Bertz CT molecular complexity index is 1580. The number of benzene rings is 6. The lowest BCUT2D eigenvalue weighted by atomic mass is 9.80. The Balaban J connectivity index is 1.36. The summed E-state index contributed by atoms with van der Waals surface area (Å²) in [5, 5.41) is 18.8. The fraction of sp³-hybridized carbons (Fsp3) is 0. The third-order valence-electron chi connectivity index (χ3n) is 7.13. The molecular formula is C36H28BNO2. The van der Waals surface area contributed by atoms with E-state index in [2.05, 4.69) is 126 Å². The van der Waals surface area contributed by atoms with Gasteiger partial charge in [0.2, 0.25) is 0 Å². The largest absolute Gasteiger partial charge is 0.488 e. The van der Waals surface area contributed by atoms with Crippen molar-refractivity contribution in [1.29, 1.82) is 0 Å². The van der Waals surface area contributed by atoms with Crippen LogP contribution in [-0.2, 0) is 0 Å². The van der Waals surface area contributed by atoms with Gasteiger partial charge in [-0.1, -0.05) is 121 Å². The highest BCUT2D eigenvalue weighted by Gasteiger charge is 2.14. The van der Waals surface area contributed by atoms with Crippen LogP contribution in [0, 0.1) is 0 Å². The molecule has 0 saturated carbocycles. The first-order valence-corrected chi connectivity index (χ1v) is 13.3. The first kappa shape index (κ1) is 25.4. The molecule has 40 heavy (non-hydrogen) atoms. The second-order valence-corrected chi connectivity index (χ2v) is 9.70. The fourth-order valence-electron chi connectivity index (χ4n) is 4.96. The molecule has 0 fully saturated rings. The van der Waals surface area contributed by atoms with Crippen molar-refractivity contribution >= 4 is 29.6 Å². The molecule has 0 unspecified atom stereocenters. The minimum absolute atomic E-state index is 0.476. The van der Waals surface area contributed by atoms with E-state index in [0.29, 0.717) is 5.46 Å². The van der Waals surface area contributed by atoms with Crippen LogP contribution in [0.25, 0.3) is 33.4 Å². The molecule has 0 radical (unpaired) electrons. The van der Waals surface area contributed by atoms with Crippen LogP contribution in [0.1, 0.15) is 0 Å². The zero-order chi connectivity index (χ0) is 27.3. The number of anilines is 3. The minimum atomic E-state index is -1.47. The smallest absolute Gasteiger partial charge is 0.423 e. The Labute approximate surface area is 235 Å². The highest BCUT2D eigenvalue weighted by molar-refractivity contribution is 6.58. The molecule has 6 aromatic carbocycles. The third-order valence-corrected chi connectivity index (χ3v) is 7.13. The predicted molar refractivity (Wildman–Crippen MR) is 167 cm³/mol. The maximum atomic E-state index is 9.41. The van der Waals surface area contributed by atoms with Gasteiger partial charge in [-0.25, -0.2) is 0 Å². The van der Waals surface area contributed by atoms with Gasteiger partial charge in [-0.3, -0.25) is 0 Å². The zero-order valence-corrected chi connectivity index (χ0v) is 21.9. The molecule has 0 aliphatic heterocycles. The van der Waals surface area contributed by atoms with E-state index >= 15 is 0 Å². The van der Waals surface area contributed by atoms with Crippen molar-refractivity contribution in [2.45, 2.75) is 0 Å². The number of rotatable bonds is 7. The van der Waals surface area contributed by atoms with E-state index in [9.17, 15) is 10.0 Å². The molecule has 6 rings (SSSR count). The zero-order valence-electron chi connectivity index (χ0n) is 21.9. The van der Waals surface area contributed by atoms with Crippen molar-refractivity contribution in [2.24, 2.45) is 0 Å². The lowest BCUT2D eigenvalue weighted by Gasteiger charge is -2.26. The molecule has 2 N–H and O–H groups in total. The van der Waals surface area contributed by atoms with E-state index in [4.69, 9.17) is 0 Å². The Kier molecular flexibility index (Phi) is 7.27. The van der Waals surface area contributed by atoms with Crippen molar-refractivity contribution in [3.8, 4) is 33.4 Å². The lowest BCUT2D eigenvalue weighted by Crippen LogP contribution is -2.29. The van der Waals surface area contributed by atoms with Crippen molar-refractivity contribution in [3.05, 3.63) is 158 Å². The van der Waals surface area contributed by atoms with Gasteiger partial charge in [-0.15, -0.1) is 0 Å². The first-order chi connectivity index (χ1) is 19.7. The quantitative estimate of drug-likeness (QED) is 0.212. The van der Waals surface area contributed by atoms with Crippen LogP contribution in [0.5, 0.6) is 0 Å². The third kappa shape index (κ3) is 5.45. The summed E-state index contributed by atoms with van der Waals surface area (Å²) in [7, 11) is -1.47. The summed E-state index contributed by atoms with van der Waals surface area (Å²) < 4.78 is 0. The van der Waals surface area contributed by atoms with E-state index < -0.39 is 7.12 Å². The molecule has 0 aromatic heterocycles.